The molecule has 1 N–H and O–H groups in total. The highest BCUT2D eigenvalue weighted by Crippen LogP contribution is 2.38. The molecule has 1 fully saturated rings. The van der Waals surface area contributed by atoms with Gasteiger partial charge in [-0.25, -0.2) is 9.97 Å². The number of rotatable bonds is 7. The number of alkyl halides is 3. The lowest BCUT2D eigenvalue weighted by Crippen LogP contribution is -2.16. The van der Waals surface area contributed by atoms with Crippen LogP contribution in [0.4, 0.5) is 24.7 Å². The summed E-state index contributed by atoms with van der Waals surface area (Å²) in [6.45, 7) is 2.55. The molecule has 35 heavy (non-hydrogen) atoms. The van der Waals surface area contributed by atoms with Crippen LogP contribution in [0, 0.1) is 10.1 Å². The van der Waals surface area contributed by atoms with E-state index in [1.54, 1.807) is 19.1 Å². The molecule has 13 heteroatoms. The second kappa shape index (κ2) is 9.70. The number of hydrogen-bond donors (Lipinski definition) is 1. The number of hydrogen-bond acceptors (Lipinski definition) is 8. The molecule has 2 unspecified atom stereocenters. The normalized spacial score (nSPS) is 16.8. The number of anilines is 1. The first-order valence-electron chi connectivity index (χ1n) is 10.5. The van der Waals surface area contributed by atoms with Gasteiger partial charge in [0.05, 0.1) is 42.4 Å². The van der Waals surface area contributed by atoms with Crippen LogP contribution >= 0.6 is 11.6 Å². The van der Waals surface area contributed by atoms with Gasteiger partial charge in [0.25, 0.3) is 5.69 Å². The van der Waals surface area contributed by atoms with E-state index in [1.807, 2.05) is 0 Å². The van der Waals surface area contributed by atoms with Crippen molar-refractivity contribution in [3.8, 4) is 11.5 Å². The van der Waals surface area contributed by atoms with Gasteiger partial charge in [0.1, 0.15) is 11.9 Å². The SMILES string of the molecule is COc1cc2nc(Cl)nc(NC(C)c3cc([N+](=O)[O-])cc(C(F)(F)F)c3)c2cc1OC1CCOC1. The third-order valence-corrected chi connectivity index (χ3v) is 5.64. The molecule has 0 amide bonds. The van der Waals surface area contributed by atoms with Gasteiger partial charge in [-0.2, -0.15) is 13.2 Å². The fourth-order valence-electron chi connectivity index (χ4n) is 3.70. The summed E-state index contributed by atoms with van der Waals surface area (Å²) in [4.78, 5) is 18.7. The number of nitro benzene ring substituents is 1. The molecule has 186 valence electrons. The van der Waals surface area contributed by atoms with E-state index >= 15 is 0 Å². The molecule has 3 aromatic rings. The van der Waals surface area contributed by atoms with E-state index in [0.29, 0.717) is 48.1 Å². The van der Waals surface area contributed by atoms with Gasteiger partial charge in [0, 0.05) is 30.0 Å². The smallest absolute Gasteiger partial charge is 0.416 e. The van der Waals surface area contributed by atoms with E-state index in [9.17, 15) is 23.3 Å². The molecular weight excluding hydrogens is 493 g/mol. The number of fused-ring (bicyclic) bond motifs is 1. The summed E-state index contributed by atoms with van der Waals surface area (Å²) in [5.74, 6) is 1.03. The van der Waals surface area contributed by atoms with Crippen molar-refractivity contribution < 1.29 is 32.3 Å². The Labute approximate surface area is 202 Å². The number of halogens is 4. The molecular formula is C22H20ClF3N4O5. The lowest BCUT2D eigenvalue weighted by atomic mass is 10.0. The molecule has 2 heterocycles. The Morgan fingerprint density at radius 2 is 2.00 bits per heavy atom. The Bertz CT molecular complexity index is 1270. The molecule has 0 saturated carbocycles. The number of ether oxygens (including phenoxy) is 3. The van der Waals surface area contributed by atoms with E-state index in [-0.39, 0.29) is 22.8 Å². The zero-order chi connectivity index (χ0) is 25.3. The quantitative estimate of drug-likeness (QED) is 0.249. The van der Waals surface area contributed by atoms with Crippen LogP contribution in [0.25, 0.3) is 10.9 Å². The van der Waals surface area contributed by atoms with Gasteiger partial charge in [-0.1, -0.05) is 0 Å². The maximum atomic E-state index is 13.3. The van der Waals surface area contributed by atoms with E-state index in [2.05, 4.69) is 15.3 Å². The van der Waals surface area contributed by atoms with Gasteiger partial charge in [-0.3, -0.25) is 10.1 Å². The summed E-state index contributed by atoms with van der Waals surface area (Å²) in [6.07, 6.45) is -4.22. The third kappa shape index (κ3) is 5.49. The molecule has 0 radical (unpaired) electrons. The van der Waals surface area contributed by atoms with Crippen molar-refractivity contribution >= 4 is 34.0 Å². The van der Waals surface area contributed by atoms with Crippen molar-refractivity contribution in [3.05, 3.63) is 56.9 Å². The van der Waals surface area contributed by atoms with Crippen molar-refractivity contribution in [2.75, 3.05) is 25.6 Å². The van der Waals surface area contributed by atoms with Crippen molar-refractivity contribution in [1.29, 1.82) is 0 Å². The topological polar surface area (TPSA) is 109 Å². The molecule has 1 aromatic heterocycles. The van der Waals surface area contributed by atoms with Crippen LogP contribution in [0.1, 0.15) is 30.5 Å². The minimum absolute atomic E-state index is 0.0440. The Morgan fingerprint density at radius 3 is 2.63 bits per heavy atom. The first kappa shape index (κ1) is 24.7. The first-order chi connectivity index (χ1) is 16.5. The number of aromatic nitrogens is 2. The zero-order valence-electron chi connectivity index (χ0n) is 18.6. The summed E-state index contributed by atoms with van der Waals surface area (Å²) in [5, 5.41) is 14.6. The molecule has 9 nitrogen and oxygen atoms in total. The summed E-state index contributed by atoms with van der Waals surface area (Å²) < 4.78 is 56.8. The minimum atomic E-state index is -4.75. The van der Waals surface area contributed by atoms with E-state index in [0.717, 1.165) is 12.1 Å². The van der Waals surface area contributed by atoms with Crippen molar-refractivity contribution in [3.63, 3.8) is 0 Å². The second-order valence-corrected chi connectivity index (χ2v) is 8.24. The number of nitrogens with zero attached hydrogens (tertiary/aromatic N) is 3. The Hall–Kier alpha value is -3.38. The van der Waals surface area contributed by atoms with Crippen LogP contribution < -0.4 is 14.8 Å². The average Bonchev–Trinajstić information content (AvgIpc) is 3.31. The van der Waals surface area contributed by atoms with Crippen LogP contribution in [-0.2, 0) is 10.9 Å². The number of nitrogens with one attached hydrogen (secondary N) is 1. The predicted molar refractivity (Wildman–Crippen MR) is 121 cm³/mol. The molecule has 1 aliphatic rings. The lowest BCUT2D eigenvalue weighted by Gasteiger charge is -2.19. The van der Waals surface area contributed by atoms with Gasteiger partial charge >= 0.3 is 6.18 Å². The van der Waals surface area contributed by atoms with E-state index in [4.69, 9.17) is 25.8 Å². The lowest BCUT2D eigenvalue weighted by molar-refractivity contribution is -0.385. The molecule has 0 aliphatic carbocycles. The van der Waals surface area contributed by atoms with Crippen LogP contribution in [-0.4, -0.2) is 41.3 Å². The second-order valence-electron chi connectivity index (χ2n) is 7.90. The maximum Gasteiger partial charge on any atom is 0.416 e. The van der Waals surface area contributed by atoms with Gasteiger partial charge in [0.15, 0.2) is 11.5 Å². The van der Waals surface area contributed by atoms with Gasteiger partial charge < -0.3 is 19.5 Å². The largest absolute Gasteiger partial charge is 0.493 e. The highest BCUT2D eigenvalue weighted by Gasteiger charge is 2.33. The van der Waals surface area contributed by atoms with E-state index in [1.165, 1.54) is 7.11 Å². The highest BCUT2D eigenvalue weighted by atomic mass is 35.5. The summed E-state index contributed by atoms with van der Waals surface area (Å²) in [7, 11) is 1.48. The highest BCUT2D eigenvalue weighted by molar-refractivity contribution is 6.28. The number of nitro groups is 1. The Kier molecular flexibility index (Phi) is 6.86. The first-order valence-corrected chi connectivity index (χ1v) is 10.9. The van der Waals surface area contributed by atoms with Gasteiger partial charge in [-0.15, -0.1) is 0 Å². The summed E-state index contributed by atoms with van der Waals surface area (Å²) in [5.41, 5.74) is -1.35. The van der Waals surface area contributed by atoms with E-state index < -0.39 is 28.4 Å². The molecule has 1 aliphatic heterocycles. The minimum Gasteiger partial charge on any atom is -0.493 e. The van der Waals surface area contributed by atoms with Crippen LogP contribution in [0.15, 0.2) is 30.3 Å². The van der Waals surface area contributed by atoms with Crippen molar-refractivity contribution in [2.45, 2.75) is 31.7 Å². The Balaban J connectivity index is 1.74. The van der Waals surface area contributed by atoms with Crippen molar-refractivity contribution in [1.82, 2.24) is 9.97 Å². The number of benzene rings is 2. The van der Waals surface area contributed by atoms with Crippen LogP contribution in [0.5, 0.6) is 11.5 Å². The van der Waals surface area contributed by atoms with Gasteiger partial charge in [0.2, 0.25) is 5.28 Å². The monoisotopic (exact) mass is 512 g/mol. The van der Waals surface area contributed by atoms with Crippen LogP contribution in [0.3, 0.4) is 0 Å². The maximum absolute atomic E-state index is 13.3. The molecule has 2 aromatic carbocycles. The summed E-state index contributed by atoms with van der Waals surface area (Å²) in [6, 6.07) is 4.88. The molecule has 4 rings (SSSR count). The average molecular weight is 513 g/mol. The summed E-state index contributed by atoms with van der Waals surface area (Å²) >= 11 is 6.09. The molecule has 0 spiro atoms. The standard InChI is InChI=1S/C22H20ClF3N4O5/c1-11(12-5-13(22(24,25)26)7-14(6-12)30(31)32)27-20-16-8-19(35-15-3-4-34-10-15)18(33-2)9-17(16)28-21(23)29-20/h5-9,11,15H,3-4,10H2,1-2H3,(H,27,28,29). The third-order valence-electron chi connectivity index (χ3n) is 5.47. The molecule has 2 atom stereocenters. The number of methoxy groups -OCH3 is 1. The van der Waals surface area contributed by atoms with Crippen molar-refractivity contribution in [2.24, 2.45) is 0 Å². The molecule has 0 bridgehead atoms. The number of non-ortho nitro benzene ring substituents is 1. The van der Waals surface area contributed by atoms with Crippen LogP contribution in [0.2, 0.25) is 5.28 Å². The predicted octanol–water partition coefficient (Wildman–Crippen LogP) is 5.56. The van der Waals surface area contributed by atoms with Gasteiger partial charge in [-0.05, 0) is 36.2 Å². The fraction of sp³-hybridized carbons (Fsp3) is 0.364. The zero-order valence-corrected chi connectivity index (χ0v) is 19.3. The fourth-order valence-corrected chi connectivity index (χ4v) is 3.87. The molecule has 1 saturated heterocycles. The Morgan fingerprint density at radius 1 is 1.23 bits per heavy atom.